The Morgan fingerprint density at radius 3 is 2.86 bits per heavy atom. The van der Waals surface area contributed by atoms with Gasteiger partial charge >= 0.3 is 5.00 Å². The van der Waals surface area contributed by atoms with Gasteiger partial charge in [0.25, 0.3) is 0 Å². The van der Waals surface area contributed by atoms with Crippen molar-refractivity contribution in [3.05, 3.63) is 27.1 Å². The standard InChI is InChI=1S/C7H9N3O3S/c8-6(11)4-9-3-5-1-2-7(14-5)10(12)13/h1-2,9H,3-4H2,(H2,8,11). The van der Waals surface area contributed by atoms with E-state index in [1.165, 1.54) is 6.07 Å². The summed E-state index contributed by atoms with van der Waals surface area (Å²) in [6, 6.07) is 3.09. The molecule has 76 valence electrons. The van der Waals surface area contributed by atoms with Gasteiger partial charge in [0.15, 0.2) is 0 Å². The van der Waals surface area contributed by atoms with E-state index in [-0.39, 0.29) is 11.5 Å². The Balaban J connectivity index is 2.44. The van der Waals surface area contributed by atoms with Crippen LogP contribution in [0, 0.1) is 10.1 Å². The topological polar surface area (TPSA) is 98.3 Å². The van der Waals surface area contributed by atoms with Gasteiger partial charge in [0.2, 0.25) is 5.91 Å². The lowest BCUT2D eigenvalue weighted by Crippen LogP contribution is -2.27. The van der Waals surface area contributed by atoms with Crippen LogP contribution in [0.2, 0.25) is 0 Å². The van der Waals surface area contributed by atoms with Gasteiger partial charge in [-0.25, -0.2) is 0 Å². The van der Waals surface area contributed by atoms with E-state index in [2.05, 4.69) is 5.32 Å². The Morgan fingerprint density at radius 2 is 2.36 bits per heavy atom. The van der Waals surface area contributed by atoms with Crippen LogP contribution in [0.25, 0.3) is 0 Å². The third kappa shape index (κ3) is 3.11. The fourth-order valence-electron chi connectivity index (χ4n) is 0.869. The summed E-state index contributed by atoms with van der Waals surface area (Å²) < 4.78 is 0. The molecule has 0 atom stereocenters. The smallest absolute Gasteiger partial charge is 0.324 e. The number of nitro groups is 1. The predicted octanol–water partition coefficient (Wildman–Crippen LogP) is 0.231. The summed E-state index contributed by atoms with van der Waals surface area (Å²) in [4.78, 5) is 21.0. The molecule has 0 bridgehead atoms. The Hall–Kier alpha value is -1.47. The lowest BCUT2D eigenvalue weighted by molar-refractivity contribution is -0.380. The lowest BCUT2D eigenvalue weighted by Gasteiger charge is -1.97. The van der Waals surface area contributed by atoms with Crippen molar-refractivity contribution in [3.63, 3.8) is 0 Å². The number of nitrogens with two attached hydrogens (primary N) is 1. The molecule has 0 unspecified atom stereocenters. The van der Waals surface area contributed by atoms with Crippen LogP contribution in [0.1, 0.15) is 4.88 Å². The molecule has 1 rings (SSSR count). The van der Waals surface area contributed by atoms with Gasteiger partial charge in [-0.05, 0) is 6.07 Å². The van der Waals surface area contributed by atoms with E-state index in [9.17, 15) is 14.9 Å². The van der Waals surface area contributed by atoms with Gasteiger partial charge in [0, 0.05) is 17.5 Å². The van der Waals surface area contributed by atoms with Crippen molar-refractivity contribution in [2.75, 3.05) is 6.54 Å². The van der Waals surface area contributed by atoms with Crippen molar-refractivity contribution in [3.8, 4) is 0 Å². The molecule has 0 radical (unpaired) electrons. The number of nitrogens with one attached hydrogen (secondary N) is 1. The van der Waals surface area contributed by atoms with Crippen LogP contribution in [-0.4, -0.2) is 17.4 Å². The number of hydrogen-bond acceptors (Lipinski definition) is 5. The first kappa shape index (κ1) is 10.6. The molecule has 7 heteroatoms. The summed E-state index contributed by atoms with van der Waals surface area (Å²) in [6.07, 6.45) is 0. The number of nitrogens with zero attached hydrogens (tertiary/aromatic N) is 1. The van der Waals surface area contributed by atoms with E-state index >= 15 is 0 Å². The highest BCUT2D eigenvalue weighted by Crippen LogP contribution is 2.23. The molecule has 0 aromatic carbocycles. The third-order valence-corrected chi connectivity index (χ3v) is 2.46. The molecule has 6 nitrogen and oxygen atoms in total. The number of primary amides is 1. The van der Waals surface area contributed by atoms with Crippen molar-refractivity contribution < 1.29 is 9.72 Å². The maximum Gasteiger partial charge on any atom is 0.324 e. The molecular formula is C7H9N3O3S. The van der Waals surface area contributed by atoms with Crippen LogP contribution in [0.4, 0.5) is 5.00 Å². The quantitative estimate of drug-likeness (QED) is 0.542. The van der Waals surface area contributed by atoms with Gasteiger partial charge in [-0.2, -0.15) is 0 Å². The molecule has 0 saturated heterocycles. The second-order valence-corrected chi connectivity index (χ2v) is 3.71. The van der Waals surface area contributed by atoms with E-state index in [1.54, 1.807) is 6.07 Å². The summed E-state index contributed by atoms with van der Waals surface area (Å²) in [7, 11) is 0. The molecule has 0 spiro atoms. The Bertz CT molecular complexity index is 350. The molecule has 1 heterocycles. The molecule has 0 aliphatic heterocycles. The van der Waals surface area contributed by atoms with E-state index < -0.39 is 10.8 Å². The molecule has 14 heavy (non-hydrogen) atoms. The molecule has 3 N–H and O–H groups in total. The highest BCUT2D eigenvalue weighted by molar-refractivity contribution is 7.15. The van der Waals surface area contributed by atoms with Gasteiger partial charge < -0.3 is 11.1 Å². The van der Waals surface area contributed by atoms with Crippen LogP contribution in [0.15, 0.2) is 12.1 Å². The SMILES string of the molecule is NC(=O)CNCc1ccc([N+](=O)[O-])s1. The lowest BCUT2D eigenvalue weighted by atomic mass is 10.4. The summed E-state index contributed by atoms with van der Waals surface area (Å²) in [5.74, 6) is -0.448. The minimum Gasteiger partial charge on any atom is -0.369 e. The number of hydrogen-bond donors (Lipinski definition) is 2. The van der Waals surface area contributed by atoms with E-state index in [1.807, 2.05) is 0 Å². The molecule has 0 aliphatic rings. The third-order valence-electron chi connectivity index (χ3n) is 1.43. The average Bonchev–Trinajstić information content (AvgIpc) is 2.52. The number of thiophene rings is 1. The number of carbonyl (C=O) groups excluding carboxylic acids is 1. The first-order valence-corrected chi connectivity index (χ1v) is 4.63. The molecule has 1 aromatic rings. The van der Waals surface area contributed by atoms with Gasteiger partial charge in [-0.15, -0.1) is 0 Å². The Kier molecular flexibility index (Phi) is 3.55. The normalized spacial score (nSPS) is 10.0. The molecule has 1 amide bonds. The zero-order valence-corrected chi connectivity index (χ0v) is 8.04. The largest absolute Gasteiger partial charge is 0.369 e. The van der Waals surface area contributed by atoms with Gasteiger partial charge in [0.1, 0.15) is 0 Å². The second kappa shape index (κ2) is 4.68. The van der Waals surface area contributed by atoms with Crippen molar-refractivity contribution in [2.45, 2.75) is 6.54 Å². The van der Waals surface area contributed by atoms with Crippen molar-refractivity contribution in [2.24, 2.45) is 5.73 Å². The second-order valence-electron chi connectivity index (χ2n) is 2.57. The minimum atomic E-state index is -0.448. The minimum absolute atomic E-state index is 0.0751. The summed E-state index contributed by atoms with van der Waals surface area (Å²) in [5, 5.41) is 13.2. The van der Waals surface area contributed by atoms with E-state index in [0.29, 0.717) is 6.54 Å². The van der Waals surface area contributed by atoms with E-state index in [0.717, 1.165) is 16.2 Å². The molecule has 0 fully saturated rings. The first-order chi connectivity index (χ1) is 6.59. The fraction of sp³-hybridized carbons (Fsp3) is 0.286. The molecule has 1 aromatic heterocycles. The van der Waals surface area contributed by atoms with Crippen LogP contribution < -0.4 is 11.1 Å². The van der Waals surface area contributed by atoms with Crippen LogP contribution in [0.3, 0.4) is 0 Å². The van der Waals surface area contributed by atoms with Crippen LogP contribution in [-0.2, 0) is 11.3 Å². The maximum atomic E-state index is 10.4. The monoisotopic (exact) mass is 215 g/mol. The Morgan fingerprint density at radius 1 is 1.64 bits per heavy atom. The zero-order chi connectivity index (χ0) is 10.6. The van der Waals surface area contributed by atoms with E-state index in [4.69, 9.17) is 5.73 Å². The van der Waals surface area contributed by atoms with Crippen LogP contribution >= 0.6 is 11.3 Å². The average molecular weight is 215 g/mol. The van der Waals surface area contributed by atoms with Gasteiger partial charge in [0.05, 0.1) is 11.5 Å². The molecule has 0 saturated carbocycles. The van der Waals surface area contributed by atoms with Crippen LogP contribution in [0.5, 0.6) is 0 Å². The molecule has 0 aliphatic carbocycles. The number of carbonyl (C=O) groups is 1. The zero-order valence-electron chi connectivity index (χ0n) is 7.23. The summed E-state index contributed by atoms with van der Waals surface area (Å²) in [6.45, 7) is 0.493. The fourth-order valence-corrected chi connectivity index (χ4v) is 1.66. The van der Waals surface area contributed by atoms with Crippen molar-refractivity contribution in [1.29, 1.82) is 0 Å². The Labute approximate surface area is 83.9 Å². The molecular weight excluding hydrogens is 206 g/mol. The number of amides is 1. The first-order valence-electron chi connectivity index (χ1n) is 3.81. The predicted molar refractivity (Wildman–Crippen MR) is 51.9 cm³/mol. The summed E-state index contributed by atoms with van der Waals surface area (Å²) in [5.41, 5.74) is 4.90. The van der Waals surface area contributed by atoms with Crippen molar-refractivity contribution >= 4 is 22.2 Å². The summed E-state index contributed by atoms with van der Waals surface area (Å²) >= 11 is 1.08. The van der Waals surface area contributed by atoms with Gasteiger partial charge in [-0.1, -0.05) is 11.3 Å². The number of rotatable bonds is 5. The van der Waals surface area contributed by atoms with Gasteiger partial charge in [-0.3, -0.25) is 14.9 Å². The van der Waals surface area contributed by atoms with Crippen molar-refractivity contribution in [1.82, 2.24) is 5.32 Å². The highest BCUT2D eigenvalue weighted by atomic mass is 32.1. The highest BCUT2D eigenvalue weighted by Gasteiger charge is 2.08. The maximum absolute atomic E-state index is 10.4.